The van der Waals surface area contributed by atoms with Crippen LogP contribution in [0.15, 0.2) is 180 Å². The summed E-state index contributed by atoms with van der Waals surface area (Å²) in [5.41, 5.74) is 12.7. The van der Waals surface area contributed by atoms with Crippen LogP contribution in [-0.4, -0.2) is 15.2 Å². The zero-order chi connectivity index (χ0) is 33.9. The van der Waals surface area contributed by atoms with E-state index in [0.29, 0.717) is 5.92 Å². The van der Waals surface area contributed by atoms with Crippen LogP contribution in [0.1, 0.15) is 11.5 Å². The maximum Gasteiger partial charge on any atom is 0.135 e. The molecule has 52 heavy (non-hydrogen) atoms. The second kappa shape index (κ2) is 10.4. The molecule has 3 aromatic heterocycles. The third kappa shape index (κ3) is 3.76. The van der Waals surface area contributed by atoms with E-state index in [0.717, 1.165) is 33.3 Å². The van der Waals surface area contributed by atoms with E-state index in [1.807, 2.05) is 12.1 Å². The van der Waals surface area contributed by atoms with E-state index < -0.39 is 0 Å². The van der Waals surface area contributed by atoms with E-state index in [2.05, 4.69) is 178 Å². The molecule has 0 fully saturated rings. The first kappa shape index (κ1) is 28.0. The highest BCUT2D eigenvalue weighted by atomic mass is 16.3. The van der Waals surface area contributed by atoms with Gasteiger partial charge in [-0.2, -0.15) is 0 Å². The number of rotatable bonds is 3. The summed E-state index contributed by atoms with van der Waals surface area (Å²) in [7, 11) is 0. The minimum Gasteiger partial charge on any atom is -0.456 e. The number of fused-ring (bicyclic) bond motifs is 12. The zero-order valence-corrected chi connectivity index (χ0v) is 28.1. The third-order valence-electron chi connectivity index (χ3n) is 11.4. The van der Waals surface area contributed by atoms with Crippen LogP contribution in [-0.2, 0) is 0 Å². The van der Waals surface area contributed by atoms with E-state index in [1.165, 1.54) is 60.5 Å². The molecule has 0 spiro atoms. The predicted octanol–water partition coefficient (Wildman–Crippen LogP) is 12.5. The van der Waals surface area contributed by atoms with Crippen molar-refractivity contribution in [3.05, 3.63) is 182 Å². The molecular formula is C48H31N3O. The Kier molecular flexibility index (Phi) is 5.58. The highest BCUT2D eigenvalue weighted by molar-refractivity contribution is 6.13. The van der Waals surface area contributed by atoms with Crippen LogP contribution in [0.4, 0.5) is 11.4 Å². The lowest BCUT2D eigenvalue weighted by molar-refractivity contribution is 0.669. The second-order valence-corrected chi connectivity index (χ2v) is 14.1. The van der Waals surface area contributed by atoms with E-state index in [4.69, 9.17) is 4.42 Å². The van der Waals surface area contributed by atoms with E-state index in [9.17, 15) is 0 Å². The van der Waals surface area contributed by atoms with Crippen molar-refractivity contribution in [2.45, 2.75) is 12.0 Å². The quantitative estimate of drug-likeness (QED) is 0.188. The van der Waals surface area contributed by atoms with Gasteiger partial charge in [-0.15, -0.1) is 0 Å². The predicted molar refractivity (Wildman–Crippen MR) is 216 cm³/mol. The van der Waals surface area contributed by atoms with Crippen LogP contribution in [0.3, 0.4) is 0 Å². The maximum atomic E-state index is 6.24. The first-order chi connectivity index (χ1) is 25.8. The fraction of sp³-hybridized carbons (Fsp3) is 0.0417. The number of allylic oxidation sites excluding steroid dienone is 2. The van der Waals surface area contributed by atoms with Crippen LogP contribution >= 0.6 is 0 Å². The molecule has 0 saturated carbocycles. The van der Waals surface area contributed by atoms with Gasteiger partial charge >= 0.3 is 0 Å². The van der Waals surface area contributed by atoms with Gasteiger partial charge in [0.2, 0.25) is 0 Å². The van der Waals surface area contributed by atoms with Crippen LogP contribution in [0.2, 0.25) is 0 Å². The van der Waals surface area contributed by atoms with Crippen molar-refractivity contribution in [2.24, 2.45) is 0 Å². The summed E-state index contributed by atoms with van der Waals surface area (Å²) in [5.74, 6) is 0.330. The minimum atomic E-state index is 0.234. The maximum absolute atomic E-state index is 6.24. The molecule has 244 valence electrons. The van der Waals surface area contributed by atoms with Gasteiger partial charge in [0, 0.05) is 61.0 Å². The third-order valence-corrected chi connectivity index (χ3v) is 11.4. The summed E-state index contributed by atoms with van der Waals surface area (Å²) < 4.78 is 11.1. The second-order valence-electron chi connectivity index (χ2n) is 14.1. The van der Waals surface area contributed by atoms with Gasteiger partial charge in [-0.3, -0.25) is 0 Å². The number of hydrogen-bond acceptors (Lipinski definition) is 2. The number of benzene rings is 7. The number of hydrogen-bond donors (Lipinski definition) is 0. The van der Waals surface area contributed by atoms with E-state index in [-0.39, 0.29) is 6.04 Å². The molecule has 2 aliphatic rings. The molecule has 7 aromatic carbocycles. The largest absolute Gasteiger partial charge is 0.456 e. The Labute approximate surface area is 299 Å². The van der Waals surface area contributed by atoms with E-state index in [1.54, 1.807) is 0 Å². The highest BCUT2D eigenvalue weighted by Crippen LogP contribution is 2.49. The van der Waals surface area contributed by atoms with Crippen molar-refractivity contribution in [3.63, 3.8) is 0 Å². The molecule has 0 bridgehead atoms. The Morgan fingerprint density at radius 2 is 0.942 bits per heavy atom. The van der Waals surface area contributed by atoms with E-state index >= 15 is 0 Å². The van der Waals surface area contributed by atoms with Gasteiger partial charge in [-0.25, -0.2) is 0 Å². The van der Waals surface area contributed by atoms with Crippen LogP contribution in [0.25, 0.3) is 76.9 Å². The van der Waals surface area contributed by atoms with Crippen LogP contribution in [0, 0.1) is 0 Å². The lowest BCUT2D eigenvalue weighted by atomic mass is 9.91. The smallest absolute Gasteiger partial charge is 0.135 e. The van der Waals surface area contributed by atoms with Crippen molar-refractivity contribution in [1.82, 2.24) is 9.13 Å². The number of aromatic nitrogens is 2. The van der Waals surface area contributed by atoms with Gasteiger partial charge in [-0.05, 0) is 84.4 Å². The highest BCUT2D eigenvalue weighted by Gasteiger charge is 2.37. The molecule has 10 aromatic rings. The summed E-state index contributed by atoms with van der Waals surface area (Å²) in [6.07, 6.45) is 9.08. The normalized spacial score (nSPS) is 16.7. The summed E-state index contributed by atoms with van der Waals surface area (Å²) in [6, 6.07) is 55.5. The summed E-state index contributed by atoms with van der Waals surface area (Å²) >= 11 is 0. The molecular weight excluding hydrogens is 635 g/mol. The Morgan fingerprint density at radius 1 is 0.404 bits per heavy atom. The topological polar surface area (TPSA) is 26.2 Å². The fourth-order valence-electron chi connectivity index (χ4n) is 9.21. The average molecular weight is 666 g/mol. The molecule has 4 nitrogen and oxygen atoms in total. The Hall–Kier alpha value is -6.78. The minimum absolute atomic E-state index is 0.234. The van der Waals surface area contributed by atoms with Gasteiger partial charge < -0.3 is 18.5 Å². The monoisotopic (exact) mass is 665 g/mol. The molecule has 2 atom stereocenters. The zero-order valence-electron chi connectivity index (χ0n) is 28.1. The molecule has 1 aliphatic heterocycles. The molecule has 0 N–H and O–H groups in total. The molecule has 2 unspecified atom stereocenters. The molecule has 4 heterocycles. The Bertz CT molecular complexity index is 3120. The van der Waals surface area contributed by atoms with Crippen molar-refractivity contribution in [1.29, 1.82) is 0 Å². The first-order valence-corrected chi connectivity index (χ1v) is 18.0. The summed E-state index contributed by atoms with van der Waals surface area (Å²) in [4.78, 5) is 2.53. The van der Waals surface area contributed by atoms with Gasteiger partial charge in [0.1, 0.15) is 11.2 Å². The summed E-state index contributed by atoms with van der Waals surface area (Å²) in [6.45, 7) is 0. The van der Waals surface area contributed by atoms with Crippen molar-refractivity contribution in [2.75, 3.05) is 4.90 Å². The molecule has 1 aliphatic carbocycles. The van der Waals surface area contributed by atoms with Crippen LogP contribution < -0.4 is 4.90 Å². The average Bonchev–Trinajstić information content (AvgIpc) is 3.93. The lowest BCUT2D eigenvalue weighted by Crippen LogP contribution is -2.28. The van der Waals surface area contributed by atoms with Gasteiger partial charge in [0.25, 0.3) is 0 Å². The Morgan fingerprint density at radius 3 is 1.71 bits per heavy atom. The SMILES string of the molecule is C1=CC2c3ccccc3N(c3ccc4c(c3)c3cc(-n5c6ccccc6c6ccccc65)ccc3n4-c3ccc4oc5ccccc5c4c3)C2C=C1. The molecule has 0 radical (unpaired) electrons. The molecule has 0 saturated heterocycles. The Balaban J connectivity index is 1.14. The lowest BCUT2D eigenvalue weighted by Gasteiger charge is -2.28. The van der Waals surface area contributed by atoms with Crippen molar-refractivity contribution >= 4 is 76.9 Å². The number of anilines is 2. The number of furan rings is 1. The molecule has 4 heteroatoms. The van der Waals surface area contributed by atoms with Crippen molar-refractivity contribution < 1.29 is 4.42 Å². The van der Waals surface area contributed by atoms with Gasteiger partial charge in [-0.1, -0.05) is 97.1 Å². The summed E-state index contributed by atoms with van der Waals surface area (Å²) in [5, 5.41) is 7.23. The number of nitrogens with zero attached hydrogens (tertiary/aromatic N) is 3. The molecule has 0 amide bonds. The fourth-order valence-corrected chi connectivity index (χ4v) is 9.21. The molecule has 12 rings (SSSR count). The van der Waals surface area contributed by atoms with Gasteiger partial charge in [0.05, 0.1) is 28.1 Å². The van der Waals surface area contributed by atoms with Crippen molar-refractivity contribution in [3.8, 4) is 11.4 Å². The first-order valence-electron chi connectivity index (χ1n) is 18.0. The van der Waals surface area contributed by atoms with Gasteiger partial charge in [0.15, 0.2) is 0 Å². The standard InChI is InChI=1S/C48H31N3O/c1-6-16-41-33(11-1)34-12-2-7-17-42(34)49(41)30-21-24-45-38(27-30)39-28-31(50-43-18-8-3-13-35(43)36-14-4-9-19-44(36)50)22-25-46(39)51(45)32-23-26-48-40(29-32)37-15-5-10-20-47(37)52-48/h1-29,33,41H. The number of para-hydroxylation sites is 4. The van der Waals surface area contributed by atoms with Crippen LogP contribution in [0.5, 0.6) is 0 Å².